The number of carbonyl (C=O) groups excluding carboxylic acids is 1. The van der Waals surface area contributed by atoms with Gasteiger partial charge in [0.1, 0.15) is 5.69 Å². The number of rotatable bonds is 4. The van der Waals surface area contributed by atoms with Crippen LogP contribution >= 0.6 is 0 Å². The molecule has 126 valence electrons. The van der Waals surface area contributed by atoms with Crippen LogP contribution in [0, 0.1) is 5.92 Å². The van der Waals surface area contributed by atoms with Gasteiger partial charge in [0.2, 0.25) is 5.91 Å². The summed E-state index contributed by atoms with van der Waals surface area (Å²) in [4.78, 5) is 15.7. The highest BCUT2D eigenvalue weighted by molar-refractivity contribution is 5.83. The van der Waals surface area contributed by atoms with Crippen molar-refractivity contribution in [1.29, 1.82) is 0 Å². The molecule has 1 N–H and O–H groups in total. The topological polar surface area (TPSA) is 42.0 Å². The normalized spacial score (nSPS) is 21.2. The molecule has 3 atom stereocenters. The minimum atomic E-state index is -4.46. The number of nitrogens with one attached hydrogen (secondary N) is 1. The van der Waals surface area contributed by atoms with Crippen LogP contribution in [-0.4, -0.2) is 10.9 Å². The minimum absolute atomic E-state index is 0.0720. The van der Waals surface area contributed by atoms with Crippen LogP contribution in [0.3, 0.4) is 0 Å². The van der Waals surface area contributed by atoms with E-state index in [4.69, 9.17) is 0 Å². The van der Waals surface area contributed by atoms with Crippen LogP contribution in [0.2, 0.25) is 0 Å². The number of hydrogen-bond donors (Lipinski definition) is 1. The number of aromatic nitrogens is 1. The number of nitrogens with zero attached hydrogens (tertiary/aromatic N) is 1. The van der Waals surface area contributed by atoms with Gasteiger partial charge < -0.3 is 5.32 Å². The lowest BCUT2D eigenvalue weighted by Gasteiger charge is -2.15. The fourth-order valence-corrected chi connectivity index (χ4v) is 2.79. The number of halogens is 3. The molecule has 0 bridgehead atoms. The molecular formula is C18H17F3N2O. The van der Waals surface area contributed by atoms with Crippen molar-refractivity contribution >= 4 is 5.91 Å². The molecule has 24 heavy (non-hydrogen) atoms. The monoisotopic (exact) mass is 334 g/mol. The van der Waals surface area contributed by atoms with Crippen LogP contribution in [0.15, 0.2) is 48.7 Å². The summed E-state index contributed by atoms with van der Waals surface area (Å²) in [5.74, 6) is 0.0811. The Morgan fingerprint density at radius 2 is 1.92 bits per heavy atom. The first kappa shape index (κ1) is 16.5. The van der Waals surface area contributed by atoms with E-state index in [9.17, 15) is 18.0 Å². The SMILES string of the molecule is C[C@H](NC(=O)C1CC1c1ccccc1)c1ccc(C(F)(F)F)nc1. The molecule has 1 fully saturated rings. The van der Waals surface area contributed by atoms with Crippen molar-refractivity contribution in [2.24, 2.45) is 5.92 Å². The molecule has 1 heterocycles. The second-order valence-electron chi connectivity index (χ2n) is 6.06. The fourth-order valence-electron chi connectivity index (χ4n) is 2.79. The maximum absolute atomic E-state index is 12.5. The Bertz CT molecular complexity index is 713. The van der Waals surface area contributed by atoms with E-state index in [0.717, 1.165) is 24.2 Å². The van der Waals surface area contributed by atoms with Gasteiger partial charge >= 0.3 is 6.18 Å². The molecule has 1 aromatic carbocycles. The first-order valence-corrected chi connectivity index (χ1v) is 7.74. The van der Waals surface area contributed by atoms with Crippen molar-refractivity contribution in [2.75, 3.05) is 0 Å². The summed E-state index contributed by atoms with van der Waals surface area (Å²) in [5, 5.41) is 2.86. The van der Waals surface area contributed by atoms with E-state index in [2.05, 4.69) is 10.3 Å². The lowest BCUT2D eigenvalue weighted by Crippen LogP contribution is -2.28. The van der Waals surface area contributed by atoms with Crippen molar-refractivity contribution in [3.63, 3.8) is 0 Å². The third-order valence-electron chi connectivity index (χ3n) is 4.29. The van der Waals surface area contributed by atoms with E-state index in [-0.39, 0.29) is 23.8 Å². The molecule has 2 unspecified atom stereocenters. The summed E-state index contributed by atoms with van der Waals surface area (Å²) >= 11 is 0. The van der Waals surface area contributed by atoms with Crippen LogP contribution in [0.5, 0.6) is 0 Å². The lowest BCUT2D eigenvalue weighted by atomic mass is 10.1. The molecule has 0 aliphatic heterocycles. The molecule has 3 nitrogen and oxygen atoms in total. The largest absolute Gasteiger partial charge is 0.433 e. The van der Waals surface area contributed by atoms with Crippen LogP contribution in [0.25, 0.3) is 0 Å². The summed E-state index contributed by atoms with van der Waals surface area (Å²) in [6.07, 6.45) is -2.49. The van der Waals surface area contributed by atoms with Gasteiger partial charge in [-0.3, -0.25) is 9.78 Å². The Kier molecular flexibility index (Phi) is 4.30. The minimum Gasteiger partial charge on any atom is -0.349 e. The van der Waals surface area contributed by atoms with Gasteiger partial charge in [-0.2, -0.15) is 13.2 Å². The molecule has 0 spiro atoms. The van der Waals surface area contributed by atoms with Crippen LogP contribution in [-0.2, 0) is 11.0 Å². The van der Waals surface area contributed by atoms with Crippen LogP contribution in [0.4, 0.5) is 13.2 Å². The van der Waals surface area contributed by atoms with Crippen molar-refractivity contribution in [2.45, 2.75) is 31.5 Å². The lowest BCUT2D eigenvalue weighted by molar-refractivity contribution is -0.141. The summed E-state index contributed by atoms with van der Waals surface area (Å²) in [6.45, 7) is 1.74. The van der Waals surface area contributed by atoms with Crippen LogP contribution < -0.4 is 5.32 Å². The molecule has 2 aromatic rings. The van der Waals surface area contributed by atoms with E-state index < -0.39 is 11.9 Å². The maximum Gasteiger partial charge on any atom is 0.433 e. The van der Waals surface area contributed by atoms with Crippen molar-refractivity contribution in [1.82, 2.24) is 10.3 Å². The van der Waals surface area contributed by atoms with Gasteiger partial charge in [-0.1, -0.05) is 36.4 Å². The van der Waals surface area contributed by atoms with E-state index in [1.54, 1.807) is 6.92 Å². The van der Waals surface area contributed by atoms with Crippen molar-refractivity contribution in [3.8, 4) is 0 Å². The standard InChI is InChI=1S/C18H17F3N2O/c1-11(13-7-8-16(22-10-13)18(19,20)21)23-17(24)15-9-14(15)12-5-3-2-4-6-12/h2-8,10-11,14-15H,9H2,1H3,(H,23,24)/t11-,14?,15?/m0/s1. The van der Waals surface area contributed by atoms with Gasteiger partial charge in [0.05, 0.1) is 6.04 Å². The molecule has 1 saturated carbocycles. The number of hydrogen-bond acceptors (Lipinski definition) is 2. The molecule has 1 aliphatic carbocycles. The first-order chi connectivity index (χ1) is 11.4. The van der Waals surface area contributed by atoms with Gasteiger partial charge in [-0.25, -0.2) is 0 Å². The molecular weight excluding hydrogens is 317 g/mol. The fraction of sp³-hybridized carbons (Fsp3) is 0.333. The maximum atomic E-state index is 12.5. The predicted octanol–water partition coefficient (Wildman–Crippen LogP) is 4.08. The Morgan fingerprint density at radius 1 is 1.21 bits per heavy atom. The number of pyridine rings is 1. The molecule has 0 radical (unpaired) electrons. The third-order valence-corrected chi connectivity index (χ3v) is 4.29. The summed E-state index contributed by atoms with van der Waals surface area (Å²) in [6, 6.07) is 11.7. The van der Waals surface area contributed by atoms with Gasteiger partial charge in [-0.15, -0.1) is 0 Å². The Labute approximate surface area is 137 Å². The highest BCUT2D eigenvalue weighted by atomic mass is 19.4. The molecule has 1 aliphatic rings. The van der Waals surface area contributed by atoms with E-state index in [1.807, 2.05) is 30.3 Å². The van der Waals surface area contributed by atoms with Crippen molar-refractivity contribution in [3.05, 3.63) is 65.5 Å². The second kappa shape index (κ2) is 6.26. The third kappa shape index (κ3) is 3.58. The zero-order valence-corrected chi connectivity index (χ0v) is 13.0. The smallest absolute Gasteiger partial charge is 0.349 e. The average Bonchev–Trinajstić information content (AvgIpc) is 3.36. The number of benzene rings is 1. The van der Waals surface area contributed by atoms with Crippen LogP contribution in [0.1, 0.15) is 42.1 Å². The molecule has 6 heteroatoms. The zero-order chi connectivity index (χ0) is 17.3. The number of alkyl halides is 3. The van der Waals surface area contributed by atoms with Gasteiger partial charge in [0, 0.05) is 12.1 Å². The quantitative estimate of drug-likeness (QED) is 0.915. The summed E-state index contributed by atoms with van der Waals surface area (Å²) < 4.78 is 37.6. The summed E-state index contributed by atoms with van der Waals surface area (Å²) in [5.41, 5.74) is 0.755. The predicted molar refractivity (Wildman–Crippen MR) is 83.1 cm³/mol. The van der Waals surface area contributed by atoms with Gasteiger partial charge in [-0.05, 0) is 36.5 Å². The zero-order valence-electron chi connectivity index (χ0n) is 13.0. The molecule has 0 saturated heterocycles. The highest BCUT2D eigenvalue weighted by Crippen LogP contribution is 2.47. The van der Waals surface area contributed by atoms with Crippen molar-refractivity contribution < 1.29 is 18.0 Å². The van der Waals surface area contributed by atoms with E-state index in [0.29, 0.717) is 5.56 Å². The van der Waals surface area contributed by atoms with Gasteiger partial charge in [0.25, 0.3) is 0 Å². The first-order valence-electron chi connectivity index (χ1n) is 7.74. The molecule has 3 rings (SSSR count). The second-order valence-corrected chi connectivity index (χ2v) is 6.06. The Morgan fingerprint density at radius 3 is 2.50 bits per heavy atom. The average molecular weight is 334 g/mol. The van der Waals surface area contributed by atoms with Gasteiger partial charge in [0.15, 0.2) is 0 Å². The van der Waals surface area contributed by atoms with E-state index in [1.165, 1.54) is 6.07 Å². The molecule has 1 aromatic heterocycles. The Balaban J connectivity index is 1.59. The summed E-state index contributed by atoms with van der Waals surface area (Å²) in [7, 11) is 0. The van der Waals surface area contributed by atoms with E-state index >= 15 is 0 Å². The molecule has 1 amide bonds. The highest BCUT2D eigenvalue weighted by Gasteiger charge is 2.44. The number of carbonyl (C=O) groups is 1. The number of amides is 1. The Hall–Kier alpha value is -2.37.